The van der Waals surface area contributed by atoms with Gasteiger partial charge in [0, 0.05) is 12.6 Å². The minimum Gasteiger partial charge on any atom is -0.391 e. The minimum absolute atomic E-state index is 0.111. The van der Waals surface area contributed by atoms with Crippen LogP contribution in [-0.4, -0.2) is 27.7 Å². The first kappa shape index (κ1) is 13.6. The highest BCUT2D eigenvalue weighted by Crippen LogP contribution is 2.34. The average Bonchev–Trinajstić information content (AvgIpc) is 3.13. The second-order valence-corrected chi connectivity index (χ2v) is 5.59. The van der Waals surface area contributed by atoms with E-state index in [4.69, 9.17) is 11.6 Å². The number of hydrogen-bond donors (Lipinski definition) is 1. The van der Waals surface area contributed by atoms with E-state index in [1.165, 1.54) is 19.2 Å². The van der Waals surface area contributed by atoms with Gasteiger partial charge in [0.15, 0.2) is 0 Å². The molecule has 0 amide bonds. The fourth-order valence-corrected chi connectivity index (χ4v) is 2.20. The zero-order valence-corrected chi connectivity index (χ0v) is 11.7. The zero-order valence-electron chi connectivity index (χ0n) is 10.9. The molecule has 1 saturated carbocycles. The van der Waals surface area contributed by atoms with Gasteiger partial charge in [-0.3, -0.25) is 0 Å². The van der Waals surface area contributed by atoms with Crippen molar-refractivity contribution in [1.82, 2.24) is 9.97 Å². The van der Waals surface area contributed by atoms with Gasteiger partial charge in [-0.15, -0.1) is 0 Å². The Hall–Kier alpha value is -0.870. The molecule has 1 N–H and O–H groups in total. The van der Waals surface area contributed by atoms with Gasteiger partial charge in [0.05, 0.1) is 12.2 Å². The summed E-state index contributed by atoms with van der Waals surface area (Å²) in [7, 11) is 0. The molecule has 0 bridgehead atoms. The second kappa shape index (κ2) is 5.85. The first-order chi connectivity index (χ1) is 8.63. The predicted octanol–water partition coefficient (Wildman–Crippen LogP) is 2.64. The fraction of sp³-hybridized carbons (Fsp3) is 0.692. The number of aliphatic hydroxyl groups is 1. The monoisotopic (exact) mass is 269 g/mol. The highest BCUT2D eigenvalue weighted by atomic mass is 35.5. The third kappa shape index (κ3) is 3.12. The Morgan fingerprint density at radius 1 is 1.44 bits per heavy atom. The molecule has 0 spiro atoms. The quantitative estimate of drug-likeness (QED) is 0.807. The van der Waals surface area contributed by atoms with Crippen molar-refractivity contribution in [1.29, 1.82) is 0 Å². The van der Waals surface area contributed by atoms with Crippen LogP contribution in [0.1, 0.15) is 38.7 Å². The normalized spacial score (nSPS) is 15.2. The average molecular weight is 270 g/mol. The summed E-state index contributed by atoms with van der Waals surface area (Å²) in [6.45, 7) is 5.28. The van der Waals surface area contributed by atoms with Crippen LogP contribution in [0.25, 0.3) is 0 Å². The summed E-state index contributed by atoms with van der Waals surface area (Å²) in [6, 6.07) is 0.556. The van der Waals surface area contributed by atoms with E-state index in [9.17, 15) is 5.11 Å². The molecule has 1 aliphatic carbocycles. The van der Waals surface area contributed by atoms with Crippen LogP contribution in [0, 0.1) is 5.92 Å². The van der Waals surface area contributed by atoms with Gasteiger partial charge < -0.3 is 10.0 Å². The molecule has 0 atom stereocenters. The second-order valence-electron chi connectivity index (χ2n) is 5.23. The van der Waals surface area contributed by atoms with E-state index in [2.05, 4.69) is 28.7 Å². The Bertz CT molecular complexity index is 407. The van der Waals surface area contributed by atoms with Crippen LogP contribution in [0.3, 0.4) is 0 Å². The molecule has 1 aromatic rings. The summed E-state index contributed by atoms with van der Waals surface area (Å²) in [5.74, 6) is 1.46. The lowest BCUT2D eigenvalue weighted by Crippen LogP contribution is -2.30. The molecule has 0 unspecified atom stereocenters. The number of aliphatic hydroxyl groups excluding tert-OH is 1. The predicted molar refractivity (Wildman–Crippen MR) is 72.8 cm³/mol. The standard InChI is InChI=1S/C13H20ClN3O/c1-9(2)5-6-17(10-3-4-10)13-11(7-18)12(14)15-8-16-13/h8-10,18H,3-7H2,1-2H3. The smallest absolute Gasteiger partial charge is 0.140 e. The Kier molecular flexibility index (Phi) is 4.40. The number of aromatic nitrogens is 2. The molecule has 0 saturated heterocycles. The van der Waals surface area contributed by atoms with E-state index in [0.717, 1.165) is 18.8 Å². The number of nitrogens with zero attached hydrogens (tertiary/aromatic N) is 3. The molecule has 0 aromatic carbocycles. The molecule has 2 rings (SSSR count). The molecule has 5 heteroatoms. The molecule has 1 aliphatic rings. The molecule has 100 valence electrons. The van der Waals surface area contributed by atoms with Crippen molar-refractivity contribution in [2.45, 2.75) is 45.8 Å². The van der Waals surface area contributed by atoms with Crippen LogP contribution in [0.4, 0.5) is 5.82 Å². The van der Waals surface area contributed by atoms with Crippen LogP contribution in [0.5, 0.6) is 0 Å². The molecule has 0 radical (unpaired) electrons. The summed E-state index contributed by atoms with van der Waals surface area (Å²) < 4.78 is 0. The third-order valence-corrected chi connectivity index (χ3v) is 3.56. The summed E-state index contributed by atoms with van der Waals surface area (Å²) >= 11 is 6.02. The van der Waals surface area contributed by atoms with Crippen LogP contribution >= 0.6 is 11.6 Å². The molecule has 18 heavy (non-hydrogen) atoms. The highest BCUT2D eigenvalue weighted by Gasteiger charge is 2.31. The Labute approximate surface area is 113 Å². The van der Waals surface area contributed by atoms with Crippen molar-refractivity contribution >= 4 is 17.4 Å². The summed E-state index contributed by atoms with van der Waals surface area (Å²) in [5, 5.41) is 9.80. The molecule has 1 heterocycles. The SMILES string of the molecule is CC(C)CCN(c1ncnc(Cl)c1CO)C1CC1. The lowest BCUT2D eigenvalue weighted by Gasteiger charge is -2.26. The van der Waals surface area contributed by atoms with Crippen molar-refractivity contribution in [2.75, 3.05) is 11.4 Å². The topological polar surface area (TPSA) is 49.2 Å². The maximum absolute atomic E-state index is 9.44. The maximum Gasteiger partial charge on any atom is 0.140 e. The molecular formula is C13H20ClN3O. The van der Waals surface area contributed by atoms with Gasteiger partial charge in [0.2, 0.25) is 0 Å². The first-order valence-electron chi connectivity index (χ1n) is 6.50. The van der Waals surface area contributed by atoms with E-state index >= 15 is 0 Å². The van der Waals surface area contributed by atoms with Gasteiger partial charge >= 0.3 is 0 Å². The maximum atomic E-state index is 9.44. The largest absolute Gasteiger partial charge is 0.391 e. The first-order valence-corrected chi connectivity index (χ1v) is 6.88. The number of hydrogen-bond acceptors (Lipinski definition) is 4. The van der Waals surface area contributed by atoms with Crippen molar-refractivity contribution in [3.63, 3.8) is 0 Å². The van der Waals surface area contributed by atoms with Crippen molar-refractivity contribution < 1.29 is 5.11 Å². The van der Waals surface area contributed by atoms with E-state index < -0.39 is 0 Å². The van der Waals surface area contributed by atoms with Gasteiger partial charge in [-0.05, 0) is 25.2 Å². The number of rotatable bonds is 6. The van der Waals surface area contributed by atoms with Gasteiger partial charge in [0.25, 0.3) is 0 Å². The fourth-order valence-electron chi connectivity index (χ4n) is 2.01. The highest BCUT2D eigenvalue weighted by molar-refractivity contribution is 6.30. The molecule has 1 aromatic heterocycles. The Morgan fingerprint density at radius 2 is 2.17 bits per heavy atom. The zero-order chi connectivity index (χ0) is 13.1. The van der Waals surface area contributed by atoms with E-state index in [-0.39, 0.29) is 6.61 Å². The van der Waals surface area contributed by atoms with Crippen molar-refractivity contribution in [2.24, 2.45) is 5.92 Å². The van der Waals surface area contributed by atoms with E-state index in [1.807, 2.05) is 0 Å². The third-order valence-electron chi connectivity index (χ3n) is 3.24. The van der Waals surface area contributed by atoms with Gasteiger partial charge in [-0.2, -0.15) is 0 Å². The van der Waals surface area contributed by atoms with Gasteiger partial charge in [-0.1, -0.05) is 25.4 Å². The summed E-state index contributed by atoms with van der Waals surface area (Å²) in [4.78, 5) is 10.5. The van der Waals surface area contributed by atoms with Gasteiger partial charge in [-0.25, -0.2) is 9.97 Å². The summed E-state index contributed by atoms with van der Waals surface area (Å²) in [5.41, 5.74) is 0.648. The lowest BCUT2D eigenvalue weighted by molar-refractivity contribution is 0.281. The minimum atomic E-state index is -0.111. The van der Waals surface area contributed by atoms with Crippen molar-refractivity contribution in [3.8, 4) is 0 Å². The van der Waals surface area contributed by atoms with Crippen LogP contribution in [0.2, 0.25) is 5.15 Å². The molecule has 1 fully saturated rings. The van der Waals surface area contributed by atoms with Crippen LogP contribution < -0.4 is 4.90 Å². The van der Waals surface area contributed by atoms with Crippen LogP contribution in [0.15, 0.2) is 6.33 Å². The Morgan fingerprint density at radius 3 is 2.72 bits per heavy atom. The van der Waals surface area contributed by atoms with E-state index in [1.54, 1.807) is 0 Å². The van der Waals surface area contributed by atoms with Gasteiger partial charge in [0.1, 0.15) is 17.3 Å². The molecule has 0 aliphatic heterocycles. The molecular weight excluding hydrogens is 250 g/mol. The van der Waals surface area contributed by atoms with Crippen LogP contribution in [-0.2, 0) is 6.61 Å². The number of anilines is 1. The Balaban J connectivity index is 2.22. The number of halogens is 1. The molecule has 4 nitrogen and oxygen atoms in total. The van der Waals surface area contributed by atoms with E-state index in [0.29, 0.717) is 22.7 Å². The lowest BCUT2D eigenvalue weighted by atomic mass is 10.1. The van der Waals surface area contributed by atoms with Crippen molar-refractivity contribution in [3.05, 3.63) is 17.0 Å². The summed E-state index contributed by atoms with van der Waals surface area (Å²) in [6.07, 6.45) is 4.99.